The highest BCUT2D eigenvalue weighted by Crippen LogP contribution is 2.22. The largest absolute Gasteiger partial charge is 0.297 e. The lowest BCUT2D eigenvalue weighted by molar-refractivity contribution is 0.140. The summed E-state index contributed by atoms with van der Waals surface area (Å²) in [6.45, 7) is 7.89. The van der Waals surface area contributed by atoms with E-state index in [1.54, 1.807) is 0 Å². The third kappa shape index (κ3) is 5.23. The third-order valence-corrected chi connectivity index (χ3v) is 5.13. The molecular formula is C14H22F2N2OS. The van der Waals surface area contributed by atoms with E-state index in [0.29, 0.717) is 5.75 Å². The van der Waals surface area contributed by atoms with Crippen molar-refractivity contribution in [2.24, 2.45) is 0 Å². The smallest absolute Gasteiger partial charge is 0.259 e. The van der Waals surface area contributed by atoms with Crippen LogP contribution < -0.4 is 0 Å². The minimum atomic E-state index is -2.63. The number of hydrogen-bond donors (Lipinski definition) is 0. The number of aromatic nitrogens is 2. The SMILES string of the molecule is C[C@@H](CCC[S@@](=O)C(C)(C)C)c1cnc(C(F)F)nc1. The third-order valence-electron chi connectivity index (χ3n) is 3.11. The van der Waals surface area contributed by atoms with Crippen molar-refractivity contribution in [3.05, 3.63) is 23.8 Å². The minimum absolute atomic E-state index is 0.179. The highest BCUT2D eigenvalue weighted by molar-refractivity contribution is 7.86. The van der Waals surface area contributed by atoms with Crippen molar-refractivity contribution >= 4 is 10.8 Å². The van der Waals surface area contributed by atoms with Gasteiger partial charge in [-0.1, -0.05) is 6.92 Å². The quantitative estimate of drug-likeness (QED) is 0.802. The van der Waals surface area contributed by atoms with E-state index in [4.69, 9.17) is 0 Å². The topological polar surface area (TPSA) is 42.9 Å². The van der Waals surface area contributed by atoms with Gasteiger partial charge in [0.1, 0.15) is 0 Å². The molecule has 20 heavy (non-hydrogen) atoms. The van der Waals surface area contributed by atoms with Gasteiger partial charge in [-0.3, -0.25) is 4.21 Å². The van der Waals surface area contributed by atoms with Crippen molar-refractivity contribution in [1.82, 2.24) is 9.97 Å². The van der Waals surface area contributed by atoms with Crippen LogP contribution in [0.2, 0.25) is 0 Å². The average Bonchev–Trinajstić information content (AvgIpc) is 2.37. The molecule has 1 aromatic heterocycles. The maximum Gasteiger partial charge on any atom is 0.297 e. The van der Waals surface area contributed by atoms with E-state index in [1.807, 2.05) is 27.7 Å². The lowest BCUT2D eigenvalue weighted by atomic mass is 10.00. The molecule has 1 rings (SSSR count). The Kier molecular flexibility index (Phi) is 6.17. The maximum atomic E-state index is 12.3. The molecule has 0 aliphatic carbocycles. The minimum Gasteiger partial charge on any atom is -0.259 e. The summed E-state index contributed by atoms with van der Waals surface area (Å²) in [5.41, 5.74) is 0.843. The summed E-state index contributed by atoms with van der Waals surface area (Å²) in [6.07, 6.45) is 1.97. The normalized spacial score (nSPS) is 15.3. The van der Waals surface area contributed by atoms with Gasteiger partial charge < -0.3 is 0 Å². The van der Waals surface area contributed by atoms with E-state index in [-0.39, 0.29) is 10.7 Å². The van der Waals surface area contributed by atoms with Crippen LogP contribution in [0.4, 0.5) is 8.78 Å². The van der Waals surface area contributed by atoms with Crippen LogP contribution in [-0.4, -0.2) is 24.7 Å². The zero-order chi connectivity index (χ0) is 15.3. The van der Waals surface area contributed by atoms with Gasteiger partial charge in [-0.15, -0.1) is 0 Å². The standard InChI is InChI=1S/C14H22F2N2OS/c1-10(6-5-7-20(19)14(2,3)4)11-8-17-13(12(15)16)18-9-11/h8-10,12H,5-7H2,1-4H3/t10-,20+/m0/s1. The van der Waals surface area contributed by atoms with Gasteiger partial charge in [0.15, 0.2) is 5.82 Å². The summed E-state index contributed by atoms with van der Waals surface area (Å²) < 4.78 is 36.4. The summed E-state index contributed by atoms with van der Waals surface area (Å²) >= 11 is 0. The monoisotopic (exact) mass is 304 g/mol. The van der Waals surface area contributed by atoms with E-state index >= 15 is 0 Å². The molecule has 0 aliphatic heterocycles. The number of halogens is 2. The lowest BCUT2D eigenvalue weighted by Gasteiger charge is -2.18. The molecular weight excluding hydrogens is 282 g/mol. The highest BCUT2D eigenvalue weighted by Gasteiger charge is 2.19. The molecule has 1 heterocycles. The first kappa shape index (κ1) is 17.1. The van der Waals surface area contributed by atoms with Gasteiger partial charge in [0.2, 0.25) is 0 Å². The van der Waals surface area contributed by atoms with Crippen LogP contribution in [0, 0.1) is 0 Å². The van der Waals surface area contributed by atoms with E-state index < -0.39 is 23.0 Å². The van der Waals surface area contributed by atoms with E-state index in [2.05, 4.69) is 9.97 Å². The fraction of sp³-hybridized carbons (Fsp3) is 0.714. The molecule has 0 aromatic carbocycles. The maximum absolute atomic E-state index is 12.3. The Labute approximate surface area is 121 Å². The van der Waals surface area contributed by atoms with Gasteiger partial charge in [0, 0.05) is 33.7 Å². The van der Waals surface area contributed by atoms with Crippen LogP contribution in [0.1, 0.15) is 64.3 Å². The second-order valence-corrected chi connectivity index (χ2v) is 8.20. The summed E-state index contributed by atoms with van der Waals surface area (Å²) in [5.74, 6) is 0.401. The second kappa shape index (κ2) is 7.20. The van der Waals surface area contributed by atoms with Gasteiger partial charge in [-0.05, 0) is 45.1 Å². The van der Waals surface area contributed by atoms with Crippen molar-refractivity contribution in [1.29, 1.82) is 0 Å². The molecule has 1 aromatic rings. The molecule has 0 saturated carbocycles. The van der Waals surface area contributed by atoms with Crippen molar-refractivity contribution in [2.75, 3.05) is 5.75 Å². The Morgan fingerprint density at radius 2 is 1.80 bits per heavy atom. The molecule has 6 heteroatoms. The summed E-state index contributed by atoms with van der Waals surface area (Å²) in [7, 11) is -0.850. The van der Waals surface area contributed by atoms with Gasteiger partial charge in [-0.25, -0.2) is 18.7 Å². The van der Waals surface area contributed by atoms with Gasteiger partial charge in [-0.2, -0.15) is 0 Å². The predicted molar refractivity (Wildman–Crippen MR) is 77.4 cm³/mol. The van der Waals surface area contributed by atoms with Crippen LogP contribution >= 0.6 is 0 Å². The Balaban J connectivity index is 2.47. The summed E-state index contributed by atoms with van der Waals surface area (Å²) in [5, 5.41) is 0. The lowest BCUT2D eigenvalue weighted by Crippen LogP contribution is -2.24. The van der Waals surface area contributed by atoms with Crippen LogP contribution in [0.5, 0.6) is 0 Å². The highest BCUT2D eigenvalue weighted by atomic mass is 32.2. The molecule has 0 bridgehead atoms. The molecule has 0 unspecified atom stereocenters. The number of nitrogens with zero attached hydrogens (tertiary/aromatic N) is 2. The molecule has 0 N–H and O–H groups in total. The van der Waals surface area contributed by atoms with Gasteiger partial charge >= 0.3 is 0 Å². The van der Waals surface area contributed by atoms with Crippen LogP contribution in [-0.2, 0) is 10.8 Å². The zero-order valence-electron chi connectivity index (χ0n) is 12.4. The fourth-order valence-electron chi connectivity index (χ4n) is 1.71. The van der Waals surface area contributed by atoms with E-state index in [9.17, 15) is 13.0 Å². The molecule has 3 nitrogen and oxygen atoms in total. The van der Waals surface area contributed by atoms with Crippen molar-refractivity contribution < 1.29 is 13.0 Å². The van der Waals surface area contributed by atoms with Crippen LogP contribution in [0.15, 0.2) is 12.4 Å². The van der Waals surface area contributed by atoms with Gasteiger partial charge in [0.05, 0.1) is 0 Å². The molecule has 0 fully saturated rings. The molecule has 0 aliphatic rings. The Bertz CT molecular complexity index is 443. The second-order valence-electron chi connectivity index (χ2n) is 5.88. The fourth-order valence-corrected chi connectivity index (χ4v) is 2.75. The van der Waals surface area contributed by atoms with Crippen molar-refractivity contribution in [2.45, 2.75) is 57.6 Å². The molecule has 0 saturated heterocycles. The van der Waals surface area contributed by atoms with Crippen molar-refractivity contribution in [3.8, 4) is 0 Å². The molecule has 0 amide bonds. The Hall–Kier alpha value is -0.910. The van der Waals surface area contributed by atoms with E-state index in [0.717, 1.165) is 18.4 Å². The van der Waals surface area contributed by atoms with Crippen molar-refractivity contribution in [3.63, 3.8) is 0 Å². The first-order valence-corrected chi connectivity index (χ1v) is 8.02. The number of rotatable bonds is 6. The average molecular weight is 304 g/mol. The Morgan fingerprint density at radius 1 is 1.25 bits per heavy atom. The van der Waals surface area contributed by atoms with Crippen LogP contribution in [0.3, 0.4) is 0 Å². The van der Waals surface area contributed by atoms with Gasteiger partial charge in [0.25, 0.3) is 6.43 Å². The first-order valence-electron chi connectivity index (χ1n) is 6.70. The molecule has 0 radical (unpaired) electrons. The van der Waals surface area contributed by atoms with E-state index in [1.165, 1.54) is 12.4 Å². The Morgan fingerprint density at radius 3 is 2.25 bits per heavy atom. The number of hydrogen-bond acceptors (Lipinski definition) is 3. The first-order chi connectivity index (χ1) is 9.21. The molecule has 114 valence electrons. The summed E-state index contributed by atoms with van der Waals surface area (Å²) in [6, 6.07) is 0. The predicted octanol–water partition coefficient (Wildman–Crippen LogP) is 3.85. The van der Waals surface area contributed by atoms with Crippen LogP contribution in [0.25, 0.3) is 0 Å². The number of alkyl halides is 2. The zero-order valence-corrected chi connectivity index (χ0v) is 13.2. The summed E-state index contributed by atoms with van der Waals surface area (Å²) in [4.78, 5) is 7.32. The molecule has 2 atom stereocenters. The molecule has 0 spiro atoms.